The molecule has 1 aliphatic rings. The van der Waals surface area contributed by atoms with E-state index in [4.69, 9.17) is 4.74 Å². The van der Waals surface area contributed by atoms with Crippen molar-refractivity contribution in [1.29, 1.82) is 0 Å². The lowest BCUT2D eigenvalue weighted by Gasteiger charge is -2.03. The molecule has 13 heavy (non-hydrogen) atoms. The summed E-state index contributed by atoms with van der Waals surface area (Å²) in [5.74, 6) is 0. The maximum atomic E-state index is 5.40. The number of rotatable bonds is 9. The van der Waals surface area contributed by atoms with Gasteiger partial charge < -0.3 is 10.1 Å². The number of hydrogen-bond acceptors (Lipinski definition) is 2. The molecule has 0 aliphatic heterocycles. The van der Waals surface area contributed by atoms with Crippen LogP contribution in [0.15, 0.2) is 0 Å². The molecule has 0 spiro atoms. The van der Waals surface area contributed by atoms with Gasteiger partial charge in [0.15, 0.2) is 0 Å². The Morgan fingerprint density at radius 2 is 2.00 bits per heavy atom. The summed E-state index contributed by atoms with van der Waals surface area (Å²) in [7, 11) is 0. The number of nitrogens with one attached hydrogen (secondary N) is 1. The largest absolute Gasteiger partial charge is 0.381 e. The number of ether oxygens (including phenoxy) is 1. The van der Waals surface area contributed by atoms with Crippen molar-refractivity contribution >= 4 is 0 Å². The van der Waals surface area contributed by atoms with Crippen molar-refractivity contribution in [3.63, 3.8) is 0 Å². The van der Waals surface area contributed by atoms with Crippen LogP contribution in [0, 0.1) is 0 Å². The molecular weight excluding hydrogens is 162 g/mol. The molecule has 1 saturated carbocycles. The van der Waals surface area contributed by atoms with E-state index < -0.39 is 0 Å². The summed E-state index contributed by atoms with van der Waals surface area (Å²) in [6, 6.07) is 0.872. The van der Waals surface area contributed by atoms with Crippen LogP contribution in [0.2, 0.25) is 0 Å². The van der Waals surface area contributed by atoms with Gasteiger partial charge in [0.05, 0.1) is 0 Å². The van der Waals surface area contributed by atoms with E-state index in [2.05, 4.69) is 12.2 Å². The Morgan fingerprint density at radius 1 is 1.15 bits per heavy atom. The van der Waals surface area contributed by atoms with Crippen molar-refractivity contribution in [3.8, 4) is 0 Å². The number of hydrogen-bond donors (Lipinski definition) is 1. The van der Waals surface area contributed by atoms with Crippen LogP contribution in [0.4, 0.5) is 0 Å². The summed E-state index contributed by atoms with van der Waals surface area (Å²) in [5, 5.41) is 3.52. The van der Waals surface area contributed by atoms with Gasteiger partial charge in [-0.05, 0) is 45.1 Å². The SMILES string of the molecule is CCCOCCCCCNC1CC1. The van der Waals surface area contributed by atoms with E-state index in [-0.39, 0.29) is 0 Å². The zero-order valence-corrected chi connectivity index (χ0v) is 8.85. The Balaban J connectivity index is 1.63. The second-order valence-electron chi connectivity index (χ2n) is 3.90. The molecule has 0 atom stereocenters. The van der Waals surface area contributed by atoms with Gasteiger partial charge >= 0.3 is 0 Å². The molecule has 0 amide bonds. The molecule has 1 aliphatic carbocycles. The van der Waals surface area contributed by atoms with Crippen LogP contribution in [0.3, 0.4) is 0 Å². The Morgan fingerprint density at radius 3 is 2.69 bits per heavy atom. The molecule has 0 bridgehead atoms. The predicted octanol–water partition coefficient (Wildman–Crippen LogP) is 2.34. The van der Waals surface area contributed by atoms with E-state index in [1.165, 1.54) is 38.6 Å². The van der Waals surface area contributed by atoms with Crippen LogP contribution in [0.1, 0.15) is 45.4 Å². The Labute approximate surface area is 82.0 Å². The lowest BCUT2D eigenvalue weighted by molar-refractivity contribution is 0.130. The van der Waals surface area contributed by atoms with E-state index in [1.807, 2.05) is 0 Å². The minimum Gasteiger partial charge on any atom is -0.381 e. The van der Waals surface area contributed by atoms with Crippen LogP contribution < -0.4 is 5.32 Å². The summed E-state index contributed by atoms with van der Waals surface area (Å²) in [6.45, 7) is 5.25. The first-order valence-electron chi connectivity index (χ1n) is 5.74. The molecule has 2 heteroatoms. The summed E-state index contributed by atoms with van der Waals surface area (Å²) >= 11 is 0. The maximum absolute atomic E-state index is 5.40. The predicted molar refractivity (Wildman–Crippen MR) is 56.0 cm³/mol. The van der Waals surface area contributed by atoms with Crippen LogP contribution in [0.5, 0.6) is 0 Å². The summed E-state index contributed by atoms with van der Waals surface area (Å²) in [6.07, 6.45) is 7.80. The lowest BCUT2D eigenvalue weighted by atomic mass is 10.2. The minimum atomic E-state index is 0.872. The van der Waals surface area contributed by atoms with Gasteiger partial charge in [0.1, 0.15) is 0 Å². The monoisotopic (exact) mass is 185 g/mol. The molecule has 2 nitrogen and oxygen atoms in total. The highest BCUT2D eigenvalue weighted by Gasteiger charge is 2.19. The van der Waals surface area contributed by atoms with Crippen LogP contribution >= 0.6 is 0 Å². The van der Waals surface area contributed by atoms with Gasteiger partial charge in [0, 0.05) is 19.3 Å². The van der Waals surface area contributed by atoms with Gasteiger partial charge in [0.25, 0.3) is 0 Å². The quantitative estimate of drug-likeness (QED) is 0.557. The Bertz CT molecular complexity index is 113. The molecule has 1 rings (SSSR count). The van der Waals surface area contributed by atoms with E-state index in [0.717, 1.165) is 25.7 Å². The molecule has 1 fully saturated rings. The van der Waals surface area contributed by atoms with Crippen molar-refractivity contribution in [2.45, 2.75) is 51.5 Å². The van der Waals surface area contributed by atoms with Crippen molar-refractivity contribution in [2.75, 3.05) is 19.8 Å². The van der Waals surface area contributed by atoms with Gasteiger partial charge in [-0.1, -0.05) is 6.92 Å². The standard InChI is InChI=1S/C11H23NO/c1-2-9-13-10-5-3-4-8-12-11-6-7-11/h11-12H,2-10H2,1H3. The molecule has 0 saturated heterocycles. The third kappa shape index (κ3) is 7.03. The van der Waals surface area contributed by atoms with Gasteiger partial charge in [-0.3, -0.25) is 0 Å². The highest BCUT2D eigenvalue weighted by atomic mass is 16.5. The summed E-state index contributed by atoms with van der Waals surface area (Å²) < 4.78 is 5.40. The molecule has 0 radical (unpaired) electrons. The van der Waals surface area contributed by atoms with Crippen molar-refractivity contribution in [1.82, 2.24) is 5.32 Å². The molecule has 0 aromatic heterocycles. The van der Waals surface area contributed by atoms with Crippen LogP contribution in [-0.2, 0) is 4.74 Å². The maximum Gasteiger partial charge on any atom is 0.0466 e. The van der Waals surface area contributed by atoms with Gasteiger partial charge in [0.2, 0.25) is 0 Å². The topological polar surface area (TPSA) is 21.3 Å². The second kappa shape index (κ2) is 7.34. The first kappa shape index (κ1) is 11.0. The highest BCUT2D eigenvalue weighted by Crippen LogP contribution is 2.18. The van der Waals surface area contributed by atoms with Crippen molar-refractivity contribution < 1.29 is 4.74 Å². The second-order valence-corrected chi connectivity index (χ2v) is 3.90. The normalized spacial score (nSPS) is 16.4. The number of unbranched alkanes of at least 4 members (excludes halogenated alkanes) is 2. The van der Waals surface area contributed by atoms with E-state index in [1.54, 1.807) is 0 Å². The fraction of sp³-hybridized carbons (Fsp3) is 1.00. The summed E-state index contributed by atoms with van der Waals surface area (Å²) in [4.78, 5) is 0. The Hall–Kier alpha value is -0.0800. The smallest absolute Gasteiger partial charge is 0.0466 e. The first-order chi connectivity index (χ1) is 6.43. The average Bonchev–Trinajstić information content (AvgIpc) is 2.93. The zero-order chi connectivity index (χ0) is 9.36. The Kier molecular flexibility index (Phi) is 6.21. The summed E-state index contributed by atoms with van der Waals surface area (Å²) in [5.41, 5.74) is 0. The van der Waals surface area contributed by atoms with Crippen molar-refractivity contribution in [2.24, 2.45) is 0 Å². The molecule has 78 valence electrons. The van der Waals surface area contributed by atoms with E-state index >= 15 is 0 Å². The third-order valence-electron chi connectivity index (χ3n) is 2.32. The van der Waals surface area contributed by atoms with E-state index in [0.29, 0.717) is 0 Å². The molecule has 0 aromatic rings. The highest BCUT2D eigenvalue weighted by molar-refractivity contribution is 4.80. The molecule has 0 unspecified atom stereocenters. The molecule has 0 heterocycles. The first-order valence-corrected chi connectivity index (χ1v) is 5.74. The fourth-order valence-corrected chi connectivity index (χ4v) is 1.35. The van der Waals surface area contributed by atoms with Gasteiger partial charge in [-0.15, -0.1) is 0 Å². The third-order valence-corrected chi connectivity index (χ3v) is 2.32. The molecule has 1 N–H and O–H groups in total. The van der Waals surface area contributed by atoms with Gasteiger partial charge in [-0.25, -0.2) is 0 Å². The fourth-order valence-electron chi connectivity index (χ4n) is 1.35. The minimum absolute atomic E-state index is 0.872. The zero-order valence-electron chi connectivity index (χ0n) is 8.85. The molecular formula is C11H23NO. The van der Waals surface area contributed by atoms with Crippen LogP contribution in [-0.4, -0.2) is 25.8 Å². The molecule has 0 aromatic carbocycles. The average molecular weight is 185 g/mol. The van der Waals surface area contributed by atoms with Crippen LogP contribution in [0.25, 0.3) is 0 Å². The van der Waals surface area contributed by atoms with Gasteiger partial charge in [-0.2, -0.15) is 0 Å². The van der Waals surface area contributed by atoms with E-state index in [9.17, 15) is 0 Å². The van der Waals surface area contributed by atoms with Crippen molar-refractivity contribution in [3.05, 3.63) is 0 Å². The lowest BCUT2D eigenvalue weighted by Crippen LogP contribution is -2.17.